The molecule has 0 aliphatic carbocycles. The molecule has 1 saturated heterocycles. The van der Waals surface area contributed by atoms with Crippen molar-refractivity contribution in [3.63, 3.8) is 0 Å². The van der Waals surface area contributed by atoms with Gasteiger partial charge in [0.05, 0.1) is 7.11 Å². The van der Waals surface area contributed by atoms with Crippen molar-refractivity contribution in [2.75, 3.05) is 53.6 Å². The maximum atomic E-state index is 10.5. The van der Waals surface area contributed by atoms with E-state index in [1.807, 2.05) is 38.2 Å². The van der Waals surface area contributed by atoms with E-state index in [9.17, 15) is 5.11 Å². The van der Waals surface area contributed by atoms with Gasteiger partial charge in [0.15, 0.2) is 11.5 Å². The van der Waals surface area contributed by atoms with Crippen molar-refractivity contribution < 1.29 is 19.3 Å². The van der Waals surface area contributed by atoms with Crippen molar-refractivity contribution in [2.24, 2.45) is 5.92 Å². The highest BCUT2D eigenvalue weighted by Crippen LogP contribution is 2.29. The summed E-state index contributed by atoms with van der Waals surface area (Å²) in [6.07, 6.45) is 1.98. The van der Waals surface area contributed by atoms with Gasteiger partial charge in [-0.25, -0.2) is 0 Å². The van der Waals surface area contributed by atoms with Crippen LogP contribution >= 0.6 is 0 Å². The molecule has 0 saturated carbocycles. The number of piperidine rings is 1. The van der Waals surface area contributed by atoms with Gasteiger partial charge >= 0.3 is 0 Å². The minimum Gasteiger partial charge on any atom is -0.493 e. The lowest BCUT2D eigenvalue weighted by Crippen LogP contribution is -2.35. The molecular weight excluding hydrogens is 428 g/mol. The number of nitrogens with zero attached hydrogens (tertiary/aromatic N) is 2. The molecule has 1 atom stereocenters. The fourth-order valence-electron chi connectivity index (χ4n) is 4.44. The molecule has 0 bridgehead atoms. The molecule has 1 fully saturated rings. The Morgan fingerprint density at radius 1 is 1.03 bits per heavy atom. The Morgan fingerprint density at radius 3 is 2.47 bits per heavy atom. The number of aliphatic hydroxyl groups is 1. The Balaban J connectivity index is 1.44. The number of rotatable bonds is 12. The number of likely N-dealkylation sites (tertiary alicyclic amines) is 1. The topological polar surface area (TPSA) is 54.4 Å². The Morgan fingerprint density at radius 2 is 1.76 bits per heavy atom. The molecule has 2 aromatic rings. The normalized spacial score (nSPS) is 16.0. The first kappa shape index (κ1) is 26.3. The largest absolute Gasteiger partial charge is 0.493 e. The van der Waals surface area contributed by atoms with Gasteiger partial charge in [0.25, 0.3) is 0 Å². The number of aliphatic hydroxyl groups excluding tert-OH is 1. The minimum absolute atomic E-state index is 0.264. The first-order chi connectivity index (χ1) is 16.3. The second-order valence-electron chi connectivity index (χ2n) is 9.79. The quantitative estimate of drug-likeness (QED) is 0.499. The number of ether oxygens (including phenoxy) is 3. The Hall–Kier alpha value is -2.28. The number of benzene rings is 2. The molecule has 1 aliphatic rings. The summed E-state index contributed by atoms with van der Waals surface area (Å²) >= 11 is 0. The predicted molar refractivity (Wildman–Crippen MR) is 137 cm³/mol. The summed E-state index contributed by atoms with van der Waals surface area (Å²) in [7, 11) is 3.67. The van der Waals surface area contributed by atoms with Gasteiger partial charge in [0, 0.05) is 19.6 Å². The SMILES string of the molecule is COc1cc(CN(C)CC(O)COc2ccc(C)cc2C)ccc1OCCN1CCC(C)CC1. The van der Waals surface area contributed by atoms with Gasteiger partial charge in [-0.2, -0.15) is 0 Å². The lowest BCUT2D eigenvalue weighted by atomic mass is 9.99. The number of methoxy groups -OCH3 is 1. The summed E-state index contributed by atoms with van der Waals surface area (Å²) < 4.78 is 17.4. The van der Waals surface area contributed by atoms with Crippen LogP contribution in [0.15, 0.2) is 36.4 Å². The van der Waals surface area contributed by atoms with Crippen LogP contribution in [0, 0.1) is 19.8 Å². The average Bonchev–Trinajstić information content (AvgIpc) is 2.80. The fourth-order valence-corrected chi connectivity index (χ4v) is 4.44. The summed E-state index contributed by atoms with van der Waals surface area (Å²) in [6, 6.07) is 12.1. The maximum absolute atomic E-state index is 10.5. The standard InChI is InChI=1S/C28H42N2O4/c1-21-10-12-30(13-11-21)14-15-33-27-9-7-24(17-28(27)32-5)18-29(4)19-25(31)20-34-26-8-6-22(2)16-23(26)3/h6-9,16-17,21,25,31H,10-15,18-20H2,1-5H3. The van der Waals surface area contributed by atoms with Crippen molar-refractivity contribution in [3.05, 3.63) is 53.1 Å². The van der Waals surface area contributed by atoms with Gasteiger partial charge in [-0.3, -0.25) is 9.80 Å². The van der Waals surface area contributed by atoms with E-state index in [2.05, 4.69) is 35.8 Å². The summed E-state index contributed by atoms with van der Waals surface area (Å²) in [4.78, 5) is 4.56. The molecule has 188 valence electrons. The summed E-state index contributed by atoms with van der Waals surface area (Å²) in [6.45, 7) is 11.8. The molecule has 0 aromatic heterocycles. The number of aryl methyl sites for hydroxylation is 2. The lowest BCUT2D eigenvalue weighted by molar-refractivity contribution is 0.0741. The Labute approximate surface area is 205 Å². The summed E-state index contributed by atoms with van der Waals surface area (Å²) in [5, 5.41) is 10.5. The van der Waals surface area contributed by atoms with Crippen LogP contribution < -0.4 is 14.2 Å². The van der Waals surface area contributed by atoms with E-state index in [-0.39, 0.29) is 6.61 Å². The molecule has 0 amide bonds. The van der Waals surface area contributed by atoms with Gasteiger partial charge < -0.3 is 19.3 Å². The van der Waals surface area contributed by atoms with Crippen molar-refractivity contribution in [2.45, 2.75) is 46.3 Å². The van der Waals surface area contributed by atoms with E-state index in [1.165, 1.54) is 18.4 Å². The van der Waals surface area contributed by atoms with Gasteiger partial charge in [-0.1, -0.05) is 30.7 Å². The fraction of sp³-hybridized carbons (Fsp3) is 0.571. The van der Waals surface area contributed by atoms with Crippen LogP contribution in [0.25, 0.3) is 0 Å². The second kappa shape index (κ2) is 13.0. The van der Waals surface area contributed by atoms with Crippen LogP contribution in [-0.4, -0.2) is 74.6 Å². The van der Waals surface area contributed by atoms with Crippen LogP contribution in [0.4, 0.5) is 0 Å². The third-order valence-corrected chi connectivity index (χ3v) is 6.51. The number of hydrogen-bond acceptors (Lipinski definition) is 6. The molecule has 0 spiro atoms. The zero-order valence-electron chi connectivity index (χ0n) is 21.5. The first-order valence-electron chi connectivity index (χ1n) is 12.4. The maximum Gasteiger partial charge on any atom is 0.161 e. The van der Waals surface area contributed by atoms with E-state index in [4.69, 9.17) is 14.2 Å². The monoisotopic (exact) mass is 470 g/mol. The number of likely N-dealkylation sites (N-methyl/N-ethyl adjacent to an activating group) is 1. The van der Waals surface area contributed by atoms with E-state index in [1.54, 1.807) is 7.11 Å². The average molecular weight is 471 g/mol. The van der Waals surface area contributed by atoms with Crippen LogP contribution in [0.1, 0.15) is 36.5 Å². The molecule has 1 unspecified atom stereocenters. The number of hydrogen-bond donors (Lipinski definition) is 1. The van der Waals surface area contributed by atoms with Gasteiger partial charge in [-0.05, 0) is 82.1 Å². The molecule has 6 nitrogen and oxygen atoms in total. The first-order valence-corrected chi connectivity index (χ1v) is 12.4. The molecule has 34 heavy (non-hydrogen) atoms. The molecule has 1 N–H and O–H groups in total. The van der Waals surface area contributed by atoms with Crippen molar-refractivity contribution in [1.29, 1.82) is 0 Å². The smallest absolute Gasteiger partial charge is 0.161 e. The second-order valence-corrected chi connectivity index (χ2v) is 9.79. The molecule has 0 radical (unpaired) electrons. The summed E-state index contributed by atoms with van der Waals surface area (Å²) in [5.74, 6) is 3.19. The van der Waals surface area contributed by atoms with Crippen molar-refractivity contribution in [1.82, 2.24) is 9.80 Å². The van der Waals surface area contributed by atoms with Crippen LogP contribution in [0.5, 0.6) is 17.2 Å². The highest BCUT2D eigenvalue weighted by atomic mass is 16.5. The van der Waals surface area contributed by atoms with Gasteiger partial charge in [-0.15, -0.1) is 0 Å². The Bertz CT molecular complexity index is 896. The highest BCUT2D eigenvalue weighted by molar-refractivity contribution is 5.43. The third-order valence-electron chi connectivity index (χ3n) is 6.51. The highest BCUT2D eigenvalue weighted by Gasteiger charge is 2.16. The predicted octanol–water partition coefficient (Wildman–Crippen LogP) is 4.29. The van der Waals surface area contributed by atoms with Crippen molar-refractivity contribution in [3.8, 4) is 17.2 Å². The lowest BCUT2D eigenvalue weighted by Gasteiger charge is -2.30. The van der Waals surface area contributed by atoms with Crippen molar-refractivity contribution >= 4 is 0 Å². The van der Waals surface area contributed by atoms with E-state index in [0.29, 0.717) is 19.7 Å². The van der Waals surface area contributed by atoms with Crippen LogP contribution in [0.2, 0.25) is 0 Å². The Kier molecular flexibility index (Phi) is 10.1. The van der Waals surface area contributed by atoms with E-state index >= 15 is 0 Å². The molecule has 1 aliphatic heterocycles. The zero-order chi connectivity index (χ0) is 24.5. The summed E-state index contributed by atoms with van der Waals surface area (Å²) in [5.41, 5.74) is 3.40. The van der Waals surface area contributed by atoms with Gasteiger partial charge in [0.2, 0.25) is 0 Å². The molecule has 2 aromatic carbocycles. The minimum atomic E-state index is -0.576. The van der Waals surface area contributed by atoms with E-state index in [0.717, 1.165) is 53.9 Å². The van der Waals surface area contributed by atoms with Crippen LogP contribution in [-0.2, 0) is 6.54 Å². The molecular formula is C28H42N2O4. The molecule has 3 rings (SSSR count). The molecule has 6 heteroatoms. The third kappa shape index (κ3) is 8.19. The van der Waals surface area contributed by atoms with Gasteiger partial charge in [0.1, 0.15) is 25.1 Å². The zero-order valence-corrected chi connectivity index (χ0v) is 21.5. The van der Waals surface area contributed by atoms with E-state index < -0.39 is 6.10 Å². The molecule has 1 heterocycles. The van der Waals surface area contributed by atoms with Crippen LogP contribution in [0.3, 0.4) is 0 Å².